The van der Waals surface area contributed by atoms with E-state index in [0.717, 1.165) is 16.0 Å². The number of rotatable bonds is 6. The van der Waals surface area contributed by atoms with Gasteiger partial charge in [0.05, 0.1) is 18.6 Å². The van der Waals surface area contributed by atoms with Crippen LogP contribution in [-0.2, 0) is 14.3 Å². The van der Waals surface area contributed by atoms with Crippen LogP contribution in [0.5, 0.6) is 0 Å². The smallest absolute Gasteiger partial charge is 0.331 e. The highest BCUT2D eigenvalue weighted by atomic mass is 16.6. The van der Waals surface area contributed by atoms with Crippen LogP contribution in [0.3, 0.4) is 0 Å². The molecule has 1 saturated heterocycles. The third-order valence-corrected chi connectivity index (χ3v) is 5.26. The Morgan fingerprint density at radius 3 is 1.97 bits per heavy atom. The molecule has 0 aliphatic carbocycles. The van der Waals surface area contributed by atoms with Crippen LogP contribution in [0.2, 0.25) is 0 Å². The maximum Gasteiger partial charge on any atom is 0.331 e. The number of amides is 3. The van der Waals surface area contributed by atoms with Gasteiger partial charge in [-0.25, -0.2) is 14.5 Å². The minimum absolute atomic E-state index is 0.104. The van der Waals surface area contributed by atoms with Gasteiger partial charge in [-0.1, -0.05) is 60.7 Å². The van der Waals surface area contributed by atoms with Gasteiger partial charge < -0.3 is 9.64 Å². The monoisotopic (exact) mass is 437 g/mol. The summed E-state index contributed by atoms with van der Waals surface area (Å²) in [4.78, 5) is 41.3. The van der Waals surface area contributed by atoms with E-state index in [9.17, 15) is 14.4 Å². The van der Waals surface area contributed by atoms with Crippen molar-refractivity contribution in [3.8, 4) is 0 Å². The first-order valence-electron chi connectivity index (χ1n) is 10.8. The van der Waals surface area contributed by atoms with Gasteiger partial charge in [0.15, 0.2) is 6.04 Å². The maximum absolute atomic E-state index is 13.4. The molecule has 32 heavy (non-hydrogen) atoms. The standard InChI is InChI=1S/C25H31N3O4/c1-17(26-21(18-12-8-6-9-13-18)19-14-10-7-11-15-19)22(29)28-20(16-27(5)24(28)31)23(30)32-25(2,3)4/h6-15,17,20-21,26H,16H2,1-5H3/t17-,20+/m1/s1. The van der Waals surface area contributed by atoms with Crippen molar-refractivity contribution in [3.05, 3.63) is 71.8 Å². The summed E-state index contributed by atoms with van der Waals surface area (Å²) in [5.74, 6) is -1.05. The van der Waals surface area contributed by atoms with Crippen LogP contribution in [-0.4, -0.2) is 59.0 Å². The van der Waals surface area contributed by atoms with Gasteiger partial charge >= 0.3 is 12.0 Å². The van der Waals surface area contributed by atoms with E-state index < -0.39 is 35.6 Å². The lowest BCUT2D eigenvalue weighted by Crippen LogP contribution is -2.53. The topological polar surface area (TPSA) is 79.0 Å². The molecular weight excluding hydrogens is 406 g/mol. The van der Waals surface area contributed by atoms with E-state index in [1.807, 2.05) is 60.7 Å². The molecule has 1 fully saturated rings. The molecule has 1 aliphatic heterocycles. The number of imide groups is 1. The first-order valence-corrected chi connectivity index (χ1v) is 10.8. The first-order chi connectivity index (χ1) is 15.1. The normalized spacial score (nSPS) is 17.6. The van der Waals surface area contributed by atoms with Crippen molar-refractivity contribution < 1.29 is 19.1 Å². The molecule has 170 valence electrons. The van der Waals surface area contributed by atoms with Crippen LogP contribution in [0.1, 0.15) is 44.9 Å². The Morgan fingerprint density at radius 1 is 1.00 bits per heavy atom. The fourth-order valence-corrected chi connectivity index (χ4v) is 3.74. The van der Waals surface area contributed by atoms with E-state index in [1.165, 1.54) is 4.90 Å². The van der Waals surface area contributed by atoms with E-state index in [0.29, 0.717) is 0 Å². The number of nitrogens with one attached hydrogen (secondary N) is 1. The van der Waals surface area contributed by atoms with Gasteiger partial charge in [0, 0.05) is 7.05 Å². The van der Waals surface area contributed by atoms with Crippen LogP contribution in [0, 0.1) is 0 Å². The highest BCUT2D eigenvalue weighted by molar-refractivity contribution is 6.03. The molecule has 0 saturated carbocycles. The number of nitrogens with zero attached hydrogens (tertiary/aromatic N) is 2. The molecule has 1 heterocycles. The number of likely N-dealkylation sites (N-methyl/N-ethyl adjacent to an activating group) is 1. The molecule has 2 aromatic carbocycles. The molecule has 7 nitrogen and oxygen atoms in total. The number of urea groups is 1. The van der Waals surface area contributed by atoms with Crippen LogP contribution >= 0.6 is 0 Å². The summed E-state index contributed by atoms with van der Waals surface area (Å²) in [7, 11) is 1.57. The Balaban J connectivity index is 1.84. The second-order valence-electron chi connectivity index (χ2n) is 9.06. The van der Waals surface area contributed by atoms with E-state index in [2.05, 4.69) is 5.32 Å². The maximum atomic E-state index is 13.4. The third-order valence-electron chi connectivity index (χ3n) is 5.26. The molecule has 0 unspecified atom stereocenters. The van der Waals surface area contributed by atoms with Gasteiger partial charge in [-0.3, -0.25) is 10.1 Å². The van der Waals surface area contributed by atoms with E-state index >= 15 is 0 Å². The molecule has 0 bridgehead atoms. The zero-order valence-electron chi connectivity index (χ0n) is 19.2. The van der Waals surface area contributed by atoms with Gasteiger partial charge in [-0.15, -0.1) is 0 Å². The average Bonchev–Trinajstić information content (AvgIpc) is 3.06. The number of ether oxygens (including phenoxy) is 1. The molecule has 1 N–H and O–H groups in total. The third kappa shape index (κ3) is 5.34. The molecule has 1 aliphatic rings. The number of carbonyl (C=O) groups is 3. The Hall–Kier alpha value is -3.19. The molecule has 3 amide bonds. The van der Waals surface area contributed by atoms with Crippen molar-refractivity contribution in [2.45, 2.75) is 51.4 Å². The fraction of sp³-hybridized carbons (Fsp3) is 0.400. The predicted molar refractivity (Wildman–Crippen MR) is 122 cm³/mol. The van der Waals surface area contributed by atoms with E-state index in [4.69, 9.17) is 4.74 Å². The zero-order valence-corrected chi connectivity index (χ0v) is 19.2. The molecule has 7 heteroatoms. The van der Waals surface area contributed by atoms with Crippen LogP contribution in [0.25, 0.3) is 0 Å². The zero-order chi connectivity index (χ0) is 23.5. The molecule has 2 atom stereocenters. The Labute approximate surface area is 189 Å². The summed E-state index contributed by atoms with van der Waals surface area (Å²) in [5.41, 5.74) is 1.27. The summed E-state index contributed by atoms with van der Waals surface area (Å²) in [6.07, 6.45) is 0. The van der Waals surface area contributed by atoms with E-state index in [-0.39, 0.29) is 12.6 Å². The molecule has 0 spiro atoms. The lowest BCUT2D eigenvalue weighted by Gasteiger charge is -2.29. The lowest BCUT2D eigenvalue weighted by atomic mass is 9.98. The molecule has 3 rings (SSSR count). The van der Waals surface area contributed by atoms with Gasteiger partial charge in [-0.2, -0.15) is 0 Å². The number of hydrogen-bond acceptors (Lipinski definition) is 5. The Morgan fingerprint density at radius 2 is 1.50 bits per heavy atom. The Bertz CT molecular complexity index is 917. The largest absolute Gasteiger partial charge is 0.458 e. The second kappa shape index (κ2) is 9.53. The molecule has 0 aromatic heterocycles. The number of esters is 1. The highest BCUT2D eigenvalue weighted by Crippen LogP contribution is 2.24. The van der Waals surface area contributed by atoms with Crippen LogP contribution in [0.15, 0.2) is 60.7 Å². The molecule has 0 radical (unpaired) electrons. The van der Waals surface area contributed by atoms with Crippen molar-refractivity contribution in [2.24, 2.45) is 0 Å². The number of benzene rings is 2. The van der Waals surface area contributed by atoms with Crippen molar-refractivity contribution in [1.82, 2.24) is 15.1 Å². The summed E-state index contributed by atoms with van der Waals surface area (Å²) in [6.45, 7) is 7.08. The number of hydrogen-bond donors (Lipinski definition) is 1. The highest BCUT2D eigenvalue weighted by Gasteiger charge is 2.46. The van der Waals surface area contributed by atoms with Gasteiger partial charge in [0.2, 0.25) is 5.91 Å². The molecule has 2 aromatic rings. The van der Waals surface area contributed by atoms with Crippen molar-refractivity contribution in [2.75, 3.05) is 13.6 Å². The summed E-state index contributed by atoms with van der Waals surface area (Å²) in [5, 5.41) is 3.36. The molecular formula is C25H31N3O4. The second-order valence-corrected chi connectivity index (χ2v) is 9.06. The van der Waals surface area contributed by atoms with Gasteiger partial charge in [0.1, 0.15) is 5.60 Å². The SMILES string of the molecule is C[C@@H](NC(c1ccccc1)c1ccccc1)C(=O)N1C(=O)N(C)C[C@H]1C(=O)OC(C)(C)C. The number of carbonyl (C=O) groups excluding carboxylic acids is 3. The van der Waals surface area contributed by atoms with Gasteiger partial charge in [0.25, 0.3) is 0 Å². The average molecular weight is 438 g/mol. The van der Waals surface area contributed by atoms with Crippen LogP contribution < -0.4 is 5.32 Å². The summed E-state index contributed by atoms with van der Waals surface area (Å²) in [6, 6.07) is 17.1. The Kier molecular flexibility index (Phi) is 6.99. The van der Waals surface area contributed by atoms with Crippen molar-refractivity contribution >= 4 is 17.9 Å². The van der Waals surface area contributed by atoms with Crippen molar-refractivity contribution in [3.63, 3.8) is 0 Å². The minimum atomic E-state index is -0.977. The summed E-state index contributed by atoms with van der Waals surface area (Å²) >= 11 is 0. The van der Waals surface area contributed by atoms with E-state index in [1.54, 1.807) is 34.7 Å². The van der Waals surface area contributed by atoms with Crippen molar-refractivity contribution in [1.29, 1.82) is 0 Å². The quantitative estimate of drug-likeness (QED) is 0.701. The minimum Gasteiger partial charge on any atom is -0.458 e. The first kappa shape index (κ1) is 23.5. The van der Waals surface area contributed by atoms with Gasteiger partial charge in [-0.05, 0) is 38.8 Å². The summed E-state index contributed by atoms with van der Waals surface area (Å²) < 4.78 is 5.47. The fourth-order valence-electron chi connectivity index (χ4n) is 3.74. The lowest BCUT2D eigenvalue weighted by molar-refractivity contribution is -0.161. The van der Waals surface area contributed by atoms with Crippen LogP contribution in [0.4, 0.5) is 4.79 Å². The predicted octanol–water partition coefficient (Wildman–Crippen LogP) is 3.36.